The third-order valence-electron chi connectivity index (χ3n) is 4.53. The minimum absolute atomic E-state index is 0.221. The molecule has 0 radical (unpaired) electrons. The van der Waals surface area contributed by atoms with Crippen LogP contribution in [0.2, 0.25) is 0 Å². The summed E-state index contributed by atoms with van der Waals surface area (Å²) in [6.07, 6.45) is 2.89. The van der Waals surface area contributed by atoms with Gasteiger partial charge in [-0.2, -0.15) is 4.31 Å². The maximum atomic E-state index is 12.9. The van der Waals surface area contributed by atoms with Gasteiger partial charge in [-0.3, -0.25) is 0 Å². The number of benzene rings is 1. The van der Waals surface area contributed by atoms with Crippen LogP contribution in [0.4, 0.5) is 0 Å². The van der Waals surface area contributed by atoms with E-state index >= 15 is 0 Å². The molecule has 1 saturated heterocycles. The van der Waals surface area contributed by atoms with E-state index in [4.69, 9.17) is 5.73 Å². The molecule has 1 aromatic rings. The summed E-state index contributed by atoms with van der Waals surface area (Å²) in [6.45, 7) is 7.84. The molecular weight excluding hydrogens is 284 g/mol. The van der Waals surface area contributed by atoms with Gasteiger partial charge in [-0.1, -0.05) is 26.0 Å². The van der Waals surface area contributed by atoms with Gasteiger partial charge in [-0.15, -0.1) is 0 Å². The van der Waals surface area contributed by atoms with Gasteiger partial charge in [0, 0.05) is 19.6 Å². The van der Waals surface area contributed by atoms with Gasteiger partial charge < -0.3 is 5.73 Å². The summed E-state index contributed by atoms with van der Waals surface area (Å²) in [5.41, 5.74) is 7.59. The Bertz CT molecular complexity index is 609. The number of hydrogen-bond acceptors (Lipinski definition) is 3. The summed E-state index contributed by atoms with van der Waals surface area (Å²) in [4.78, 5) is 0.408. The second kappa shape index (κ2) is 6.07. The minimum Gasteiger partial charge on any atom is -0.326 e. The Morgan fingerprint density at radius 2 is 1.95 bits per heavy atom. The smallest absolute Gasteiger partial charge is 0.243 e. The van der Waals surface area contributed by atoms with Crippen molar-refractivity contribution in [2.45, 2.75) is 51.5 Å². The van der Waals surface area contributed by atoms with Crippen molar-refractivity contribution < 1.29 is 8.42 Å². The standard InChI is InChI=1S/C16H26N2O2S/c1-13-14(12-17)6-4-7-15(13)21(19,20)18-10-5-8-16(2,3)9-11-18/h4,6-7H,5,8-12,17H2,1-3H3. The van der Waals surface area contributed by atoms with Crippen LogP contribution in [0.15, 0.2) is 23.1 Å². The number of sulfonamides is 1. The fourth-order valence-corrected chi connectivity index (χ4v) is 4.69. The fourth-order valence-electron chi connectivity index (χ4n) is 2.94. The Balaban J connectivity index is 2.34. The lowest BCUT2D eigenvalue weighted by atomic mass is 9.85. The van der Waals surface area contributed by atoms with Gasteiger partial charge in [0.05, 0.1) is 4.90 Å². The third kappa shape index (κ3) is 3.47. The molecule has 0 spiro atoms. The van der Waals surface area contributed by atoms with E-state index in [0.29, 0.717) is 24.5 Å². The van der Waals surface area contributed by atoms with Gasteiger partial charge in [0.1, 0.15) is 0 Å². The Labute approximate surface area is 128 Å². The first-order valence-corrected chi connectivity index (χ1v) is 9.01. The predicted molar refractivity (Wildman–Crippen MR) is 85.5 cm³/mol. The molecule has 1 aliphatic rings. The lowest BCUT2D eigenvalue weighted by Crippen LogP contribution is -2.33. The molecular formula is C16H26N2O2S. The van der Waals surface area contributed by atoms with Crippen LogP contribution < -0.4 is 5.73 Å². The first-order valence-electron chi connectivity index (χ1n) is 7.57. The van der Waals surface area contributed by atoms with Crippen LogP contribution in [0.5, 0.6) is 0 Å². The summed E-state index contributed by atoms with van der Waals surface area (Å²) in [5.74, 6) is 0. The lowest BCUT2D eigenvalue weighted by Gasteiger charge is -2.24. The van der Waals surface area contributed by atoms with E-state index in [2.05, 4.69) is 13.8 Å². The van der Waals surface area contributed by atoms with Crippen molar-refractivity contribution in [3.63, 3.8) is 0 Å². The topological polar surface area (TPSA) is 63.4 Å². The van der Waals surface area contributed by atoms with E-state index in [9.17, 15) is 8.42 Å². The Kier molecular flexibility index (Phi) is 4.76. The molecule has 21 heavy (non-hydrogen) atoms. The fraction of sp³-hybridized carbons (Fsp3) is 0.625. The van der Waals surface area contributed by atoms with E-state index in [1.54, 1.807) is 16.4 Å². The molecule has 0 atom stereocenters. The number of nitrogens with zero attached hydrogens (tertiary/aromatic N) is 1. The highest BCUT2D eigenvalue weighted by Crippen LogP contribution is 2.32. The van der Waals surface area contributed by atoms with E-state index in [1.807, 2.05) is 13.0 Å². The molecule has 1 fully saturated rings. The van der Waals surface area contributed by atoms with Crippen LogP contribution >= 0.6 is 0 Å². The Morgan fingerprint density at radius 3 is 2.62 bits per heavy atom. The van der Waals surface area contributed by atoms with Crippen LogP contribution in [-0.4, -0.2) is 25.8 Å². The summed E-state index contributed by atoms with van der Waals surface area (Å²) in [7, 11) is -3.42. The summed E-state index contributed by atoms with van der Waals surface area (Å²) >= 11 is 0. The molecule has 118 valence electrons. The molecule has 1 aliphatic heterocycles. The van der Waals surface area contributed by atoms with Crippen molar-refractivity contribution in [3.05, 3.63) is 29.3 Å². The van der Waals surface area contributed by atoms with Crippen LogP contribution in [0.25, 0.3) is 0 Å². The quantitative estimate of drug-likeness (QED) is 0.933. The zero-order chi connectivity index (χ0) is 15.7. The first kappa shape index (κ1) is 16.5. The second-order valence-electron chi connectivity index (χ2n) is 6.67. The molecule has 0 bridgehead atoms. The highest BCUT2D eigenvalue weighted by Gasteiger charge is 2.31. The molecule has 1 heterocycles. The maximum Gasteiger partial charge on any atom is 0.243 e. The van der Waals surface area contributed by atoms with Crippen molar-refractivity contribution in [1.82, 2.24) is 4.31 Å². The summed E-state index contributed by atoms with van der Waals surface area (Å²) in [6, 6.07) is 5.36. The molecule has 4 nitrogen and oxygen atoms in total. The van der Waals surface area contributed by atoms with E-state index in [1.165, 1.54) is 0 Å². The van der Waals surface area contributed by atoms with Crippen molar-refractivity contribution in [2.24, 2.45) is 11.1 Å². The number of rotatable bonds is 3. The predicted octanol–water partition coefficient (Wildman–Crippen LogP) is 2.65. The molecule has 2 N–H and O–H groups in total. The summed E-state index contributed by atoms with van der Waals surface area (Å²) in [5, 5.41) is 0. The van der Waals surface area contributed by atoms with Crippen molar-refractivity contribution in [1.29, 1.82) is 0 Å². The Hall–Kier alpha value is -0.910. The largest absolute Gasteiger partial charge is 0.326 e. The zero-order valence-electron chi connectivity index (χ0n) is 13.2. The van der Waals surface area contributed by atoms with Gasteiger partial charge in [-0.25, -0.2) is 8.42 Å². The molecule has 0 aromatic heterocycles. The third-order valence-corrected chi connectivity index (χ3v) is 6.58. The molecule has 0 unspecified atom stereocenters. The van der Waals surface area contributed by atoms with Gasteiger partial charge in [0.15, 0.2) is 0 Å². The van der Waals surface area contributed by atoms with Gasteiger partial charge >= 0.3 is 0 Å². The van der Waals surface area contributed by atoms with Crippen molar-refractivity contribution in [3.8, 4) is 0 Å². The van der Waals surface area contributed by atoms with Crippen LogP contribution in [0.3, 0.4) is 0 Å². The lowest BCUT2D eigenvalue weighted by molar-refractivity contribution is 0.315. The zero-order valence-corrected chi connectivity index (χ0v) is 14.0. The molecule has 0 saturated carbocycles. The first-order chi connectivity index (χ1) is 9.78. The SMILES string of the molecule is Cc1c(CN)cccc1S(=O)(=O)N1CCCC(C)(C)CC1. The van der Waals surface area contributed by atoms with Gasteiger partial charge in [0.25, 0.3) is 0 Å². The van der Waals surface area contributed by atoms with Gasteiger partial charge in [0.2, 0.25) is 10.0 Å². The summed E-state index contributed by atoms with van der Waals surface area (Å²) < 4.78 is 27.5. The molecule has 2 rings (SSSR count). The molecule has 1 aromatic carbocycles. The van der Waals surface area contributed by atoms with E-state index in [0.717, 1.165) is 30.4 Å². The van der Waals surface area contributed by atoms with E-state index < -0.39 is 10.0 Å². The van der Waals surface area contributed by atoms with Crippen LogP contribution in [0.1, 0.15) is 44.2 Å². The normalized spacial score (nSPS) is 20.2. The van der Waals surface area contributed by atoms with Crippen molar-refractivity contribution >= 4 is 10.0 Å². The van der Waals surface area contributed by atoms with Gasteiger partial charge in [-0.05, 0) is 48.8 Å². The highest BCUT2D eigenvalue weighted by atomic mass is 32.2. The monoisotopic (exact) mass is 310 g/mol. The number of nitrogens with two attached hydrogens (primary N) is 1. The molecule has 0 aliphatic carbocycles. The highest BCUT2D eigenvalue weighted by molar-refractivity contribution is 7.89. The maximum absolute atomic E-state index is 12.9. The average molecular weight is 310 g/mol. The Morgan fingerprint density at radius 1 is 1.24 bits per heavy atom. The van der Waals surface area contributed by atoms with E-state index in [-0.39, 0.29) is 5.41 Å². The van der Waals surface area contributed by atoms with Crippen LogP contribution in [-0.2, 0) is 16.6 Å². The molecule has 5 heteroatoms. The average Bonchev–Trinajstić information content (AvgIpc) is 2.60. The number of hydrogen-bond donors (Lipinski definition) is 1. The second-order valence-corrected chi connectivity index (χ2v) is 8.57. The van der Waals surface area contributed by atoms with Crippen LogP contribution in [0, 0.1) is 12.3 Å². The van der Waals surface area contributed by atoms with Crippen molar-refractivity contribution in [2.75, 3.05) is 13.1 Å². The molecule has 0 amide bonds. The minimum atomic E-state index is -3.42.